The molecule has 0 unspecified atom stereocenters. The van der Waals surface area contributed by atoms with Crippen molar-refractivity contribution in [2.75, 3.05) is 4.90 Å². The zero-order chi connectivity index (χ0) is 33.7. The average molecular weight is 640 g/mol. The Hall–Kier alpha value is -6.44. The van der Waals surface area contributed by atoms with Gasteiger partial charge in [-0.15, -0.1) is 0 Å². The molecule has 0 heterocycles. The maximum absolute atomic E-state index is 2.34. The van der Waals surface area contributed by atoms with Gasteiger partial charge in [-0.25, -0.2) is 0 Å². The molecule has 238 valence electrons. The minimum absolute atomic E-state index is 1.10. The molecule has 8 rings (SSSR count). The normalized spacial score (nSPS) is 10.9. The molecular formula is C49H37N. The van der Waals surface area contributed by atoms with E-state index in [0.717, 1.165) is 17.1 Å². The van der Waals surface area contributed by atoms with E-state index in [1.165, 1.54) is 61.2 Å². The van der Waals surface area contributed by atoms with Crippen molar-refractivity contribution in [1.29, 1.82) is 0 Å². The Balaban J connectivity index is 1.18. The fourth-order valence-electron chi connectivity index (χ4n) is 6.78. The number of nitrogens with zero attached hydrogens (tertiary/aromatic N) is 1. The first-order chi connectivity index (χ1) is 24.7. The summed E-state index contributed by atoms with van der Waals surface area (Å²) in [7, 11) is 0. The Morgan fingerprint density at radius 2 is 0.500 bits per heavy atom. The molecule has 0 radical (unpaired) electrons. The zero-order valence-corrected chi connectivity index (χ0v) is 28.1. The Morgan fingerprint density at radius 3 is 0.880 bits per heavy atom. The van der Waals surface area contributed by atoms with Crippen LogP contribution in [0.25, 0.3) is 55.6 Å². The zero-order valence-electron chi connectivity index (χ0n) is 28.1. The fraction of sp³-hybridized carbons (Fsp3) is 0.0204. The van der Waals surface area contributed by atoms with Crippen molar-refractivity contribution in [3.63, 3.8) is 0 Å². The van der Waals surface area contributed by atoms with Crippen molar-refractivity contribution >= 4 is 17.1 Å². The molecule has 0 atom stereocenters. The smallest absolute Gasteiger partial charge is 0.0462 e. The fourth-order valence-corrected chi connectivity index (χ4v) is 6.78. The van der Waals surface area contributed by atoms with Crippen LogP contribution >= 0.6 is 0 Å². The molecular weight excluding hydrogens is 603 g/mol. The van der Waals surface area contributed by atoms with E-state index in [2.05, 4.69) is 218 Å². The number of hydrogen-bond acceptors (Lipinski definition) is 1. The van der Waals surface area contributed by atoms with Gasteiger partial charge in [0, 0.05) is 17.1 Å². The summed E-state index contributed by atoms with van der Waals surface area (Å²) in [6.07, 6.45) is 0. The summed E-state index contributed by atoms with van der Waals surface area (Å²) in [5.41, 5.74) is 16.7. The number of anilines is 3. The molecule has 0 aliphatic rings. The van der Waals surface area contributed by atoms with E-state index in [1.54, 1.807) is 0 Å². The Bertz CT molecular complexity index is 2320. The largest absolute Gasteiger partial charge is 0.311 e. The first-order valence-corrected chi connectivity index (χ1v) is 17.2. The van der Waals surface area contributed by atoms with Gasteiger partial charge in [0.05, 0.1) is 0 Å². The molecule has 0 amide bonds. The Morgan fingerprint density at radius 1 is 0.240 bits per heavy atom. The third kappa shape index (κ3) is 6.38. The molecule has 0 fully saturated rings. The van der Waals surface area contributed by atoms with Gasteiger partial charge in [-0.3, -0.25) is 0 Å². The second kappa shape index (κ2) is 14.0. The van der Waals surface area contributed by atoms with Gasteiger partial charge in [0.15, 0.2) is 0 Å². The van der Waals surface area contributed by atoms with E-state index in [0.29, 0.717) is 0 Å². The van der Waals surface area contributed by atoms with Crippen molar-refractivity contribution in [3.8, 4) is 55.6 Å². The lowest BCUT2D eigenvalue weighted by molar-refractivity contribution is 1.28. The lowest BCUT2D eigenvalue weighted by atomic mass is 9.94. The van der Waals surface area contributed by atoms with Gasteiger partial charge in [0.1, 0.15) is 0 Å². The van der Waals surface area contributed by atoms with E-state index < -0.39 is 0 Å². The van der Waals surface area contributed by atoms with E-state index >= 15 is 0 Å². The van der Waals surface area contributed by atoms with E-state index in [9.17, 15) is 0 Å². The SMILES string of the molecule is Cc1ccc(-c2ccccc2-c2ccc(N(c3ccc(-c4ccccc4)cc3)c3ccc(-c4ccccc4-c4ccccc4)cc3)cc2)cc1. The van der Waals surface area contributed by atoms with E-state index in [4.69, 9.17) is 0 Å². The molecule has 0 spiro atoms. The molecule has 0 bridgehead atoms. The summed E-state index contributed by atoms with van der Waals surface area (Å²) in [5.74, 6) is 0. The third-order valence-corrected chi connectivity index (χ3v) is 9.41. The third-order valence-electron chi connectivity index (χ3n) is 9.41. The molecule has 1 nitrogen and oxygen atoms in total. The monoisotopic (exact) mass is 639 g/mol. The Kier molecular flexibility index (Phi) is 8.62. The predicted molar refractivity (Wildman–Crippen MR) is 213 cm³/mol. The van der Waals surface area contributed by atoms with Crippen LogP contribution in [0.3, 0.4) is 0 Å². The van der Waals surface area contributed by atoms with Crippen LogP contribution in [0.5, 0.6) is 0 Å². The van der Waals surface area contributed by atoms with Crippen molar-refractivity contribution in [2.24, 2.45) is 0 Å². The number of aryl methyl sites for hydroxylation is 1. The summed E-state index contributed by atoms with van der Waals surface area (Å²) in [6, 6.07) is 74.1. The molecule has 50 heavy (non-hydrogen) atoms. The average Bonchev–Trinajstić information content (AvgIpc) is 3.20. The number of hydrogen-bond donors (Lipinski definition) is 0. The lowest BCUT2D eigenvalue weighted by Gasteiger charge is -2.26. The standard InChI is InChI=1S/C49H37N/c1-36-20-22-40(23-21-36)47-17-10-11-19-49(47)42-28-34-45(35-29-42)50(43-30-24-38(25-31-43)37-12-4-2-5-13-37)44-32-26-41(27-33-44)48-18-9-8-16-46(48)39-14-6-3-7-15-39/h2-35H,1H3. The van der Waals surface area contributed by atoms with Crippen LogP contribution < -0.4 is 4.90 Å². The van der Waals surface area contributed by atoms with Gasteiger partial charge in [0.2, 0.25) is 0 Å². The van der Waals surface area contributed by atoms with Gasteiger partial charge in [-0.2, -0.15) is 0 Å². The summed E-state index contributed by atoms with van der Waals surface area (Å²) in [6.45, 7) is 2.13. The van der Waals surface area contributed by atoms with Crippen molar-refractivity contribution < 1.29 is 0 Å². The molecule has 0 saturated carbocycles. The maximum Gasteiger partial charge on any atom is 0.0462 e. The lowest BCUT2D eigenvalue weighted by Crippen LogP contribution is -2.09. The van der Waals surface area contributed by atoms with Crippen LogP contribution in [0.15, 0.2) is 206 Å². The quantitative estimate of drug-likeness (QED) is 0.160. The maximum atomic E-state index is 2.34. The summed E-state index contributed by atoms with van der Waals surface area (Å²) in [4.78, 5) is 2.34. The molecule has 8 aromatic carbocycles. The van der Waals surface area contributed by atoms with Crippen LogP contribution in [0, 0.1) is 6.92 Å². The van der Waals surface area contributed by atoms with Crippen LogP contribution in [-0.2, 0) is 0 Å². The highest BCUT2D eigenvalue weighted by Gasteiger charge is 2.15. The predicted octanol–water partition coefficient (Wildman–Crippen LogP) is 13.8. The molecule has 8 aromatic rings. The number of benzene rings is 8. The van der Waals surface area contributed by atoms with Crippen LogP contribution in [-0.4, -0.2) is 0 Å². The van der Waals surface area contributed by atoms with Gasteiger partial charge in [-0.05, 0) is 99.0 Å². The summed E-state index contributed by atoms with van der Waals surface area (Å²) in [5, 5.41) is 0. The van der Waals surface area contributed by atoms with Gasteiger partial charge < -0.3 is 4.90 Å². The highest BCUT2D eigenvalue weighted by molar-refractivity contribution is 5.87. The first-order valence-electron chi connectivity index (χ1n) is 17.2. The van der Waals surface area contributed by atoms with Crippen molar-refractivity contribution in [1.82, 2.24) is 0 Å². The molecule has 1 heteroatoms. The molecule has 0 saturated heterocycles. The van der Waals surface area contributed by atoms with Gasteiger partial charge in [-0.1, -0.05) is 175 Å². The second-order valence-corrected chi connectivity index (χ2v) is 12.7. The van der Waals surface area contributed by atoms with Crippen molar-refractivity contribution in [2.45, 2.75) is 6.92 Å². The topological polar surface area (TPSA) is 3.24 Å². The molecule has 0 N–H and O–H groups in total. The van der Waals surface area contributed by atoms with Crippen LogP contribution in [0.2, 0.25) is 0 Å². The molecule has 0 aliphatic heterocycles. The first kappa shape index (κ1) is 30.9. The van der Waals surface area contributed by atoms with Crippen LogP contribution in [0.1, 0.15) is 5.56 Å². The van der Waals surface area contributed by atoms with Gasteiger partial charge in [0.25, 0.3) is 0 Å². The van der Waals surface area contributed by atoms with Gasteiger partial charge >= 0.3 is 0 Å². The summed E-state index contributed by atoms with van der Waals surface area (Å²) < 4.78 is 0. The molecule has 0 aliphatic carbocycles. The van der Waals surface area contributed by atoms with E-state index in [1.807, 2.05) is 0 Å². The highest BCUT2D eigenvalue weighted by Crippen LogP contribution is 2.40. The minimum Gasteiger partial charge on any atom is -0.311 e. The Labute approximate surface area is 295 Å². The van der Waals surface area contributed by atoms with E-state index in [-0.39, 0.29) is 0 Å². The minimum atomic E-state index is 1.10. The molecule has 0 aromatic heterocycles. The highest BCUT2D eigenvalue weighted by atomic mass is 15.1. The van der Waals surface area contributed by atoms with Crippen molar-refractivity contribution in [3.05, 3.63) is 212 Å². The summed E-state index contributed by atoms with van der Waals surface area (Å²) >= 11 is 0. The second-order valence-electron chi connectivity index (χ2n) is 12.7. The number of rotatable bonds is 8. The van der Waals surface area contributed by atoms with Crippen LogP contribution in [0.4, 0.5) is 17.1 Å².